The van der Waals surface area contributed by atoms with Crippen molar-refractivity contribution in [3.05, 3.63) is 29.3 Å². The van der Waals surface area contributed by atoms with Crippen molar-refractivity contribution in [3.8, 4) is 0 Å². The van der Waals surface area contributed by atoms with Crippen LogP contribution in [0, 0.1) is 12.3 Å². The number of hydrogen-bond acceptors (Lipinski definition) is 2. The van der Waals surface area contributed by atoms with E-state index in [1.54, 1.807) is 0 Å². The molecule has 1 aliphatic rings. The summed E-state index contributed by atoms with van der Waals surface area (Å²) in [7, 11) is 0. The second-order valence-electron chi connectivity index (χ2n) is 6.50. The van der Waals surface area contributed by atoms with Crippen LogP contribution in [0.2, 0.25) is 0 Å². The van der Waals surface area contributed by atoms with Crippen LogP contribution in [-0.2, 0) is 6.54 Å². The third-order valence-electron chi connectivity index (χ3n) is 4.13. The number of nitrogen functional groups attached to an aromatic ring is 1. The highest BCUT2D eigenvalue weighted by Crippen LogP contribution is 2.30. The molecule has 2 nitrogen and oxygen atoms in total. The van der Waals surface area contributed by atoms with E-state index in [1.165, 1.54) is 43.5 Å². The standard InChI is InChI=1S/C16H26N2/c1-13-5-6-15(17)14(11-13)12-18-9-4-7-16(2,3)8-10-18/h5-6,11H,4,7-10,12,17H2,1-3H3. The minimum absolute atomic E-state index is 0.507. The highest BCUT2D eigenvalue weighted by molar-refractivity contribution is 5.48. The van der Waals surface area contributed by atoms with Gasteiger partial charge in [-0.3, -0.25) is 4.90 Å². The second kappa shape index (κ2) is 5.31. The van der Waals surface area contributed by atoms with Gasteiger partial charge in [-0.05, 0) is 56.3 Å². The van der Waals surface area contributed by atoms with E-state index in [4.69, 9.17) is 5.73 Å². The molecule has 0 aromatic heterocycles. The number of aryl methyl sites for hydroxylation is 1. The zero-order valence-corrected chi connectivity index (χ0v) is 12.0. The van der Waals surface area contributed by atoms with Crippen LogP contribution in [0.5, 0.6) is 0 Å². The number of hydrogen-bond donors (Lipinski definition) is 1. The molecular formula is C16H26N2. The average Bonchev–Trinajstić information content (AvgIpc) is 2.46. The molecule has 0 unspecified atom stereocenters. The van der Waals surface area contributed by atoms with Gasteiger partial charge in [0.15, 0.2) is 0 Å². The second-order valence-corrected chi connectivity index (χ2v) is 6.50. The summed E-state index contributed by atoms with van der Waals surface area (Å²) in [5, 5.41) is 0. The van der Waals surface area contributed by atoms with Crippen molar-refractivity contribution >= 4 is 5.69 Å². The zero-order valence-electron chi connectivity index (χ0n) is 12.0. The van der Waals surface area contributed by atoms with Crippen molar-refractivity contribution in [2.45, 2.75) is 46.6 Å². The van der Waals surface area contributed by atoms with Crippen LogP contribution in [0.4, 0.5) is 5.69 Å². The first-order valence-corrected chi connectivity index (χ1v) is 7.04. The molecule has 0 radical (unpaired) electrons. The Morgan fingerprint density at radius 3 is 2.78 bits per heavy atom. The SMILES string of the molecule is Cc1ccc(N)c(CN2CCCC(C)(C)CC2)c1. The molecule has 0 bridgehead atoms. The van der Waals surface area contributed by atoms with Crippen LogP contribution in [0.3, 0.4) is 0 Å². The van der Waals surface area contributed by atoms with E-state index < -0.39 is 0 Å². The maximum Gasteiger partial charge on any atom is 0.0359 e. The summed E-state index contributed by atoms with van der Waals surface area (Å²) in [5.41, 5.74) is 10.1. The van der Waals surface area contributed by atoms with Gasteiger partial charge in [0.1, 0.15) is 0 Å². The van der Waals surface area contributed by atoms with Gasteiger partial charge in [0.2, 0.25) is 0 Å². The zero-order chi connectivity index (χ0) is 13.2. The first-order valence-electron chi connectivity index (χ1n) is 7.04. The van der Waals surface area contributed by atoms with Crippen molar-refractivity contribution in [2.75, 3.05) is 18.8 Å². The van der Waals surface area contributed by atoms with Gasteiger partial charge in [-0.1, -0.05) is 31.5 Å². The molecule has 1 aliphatic heterocycles. The molecule has 1 aromatic carbocycles. The van der Waals surface area contributed by atoms with Gasteiger partial charge in [-0.2, -0.15) is 0 Å². The van der Waals surface area contributed by atoms with Crippen molar-refractivity contribution in [3.63, 3.8) is 0 Å². The molecule has 1 saturated heterocycles. The van der Waals surface area contributed by atoms with Crippen molar-refractivity contribution in [1.82, 2.24) is 4.90 Å². The molecule has 18 heavy (non-hydrogen) atoms. The molecule has 0 aliphatic carbocycles. The largest absolute Gasteiger partial charge is 0.398 e. The van der Waals surface area contributed by atoms with Gasteiger partial charge in [-0.15, -0.1) is 0 Å². The molecule has 2 heteroatoms. The number of likely N-dealkylation sites (tertiary alicyclic amines) is 1. The molecule has 1 fully saturated rings. The fraction of sp³-hybridized carbons (Fsp3) is 0.625. The molecule has 2 rings (SSSR count). The van der Waals surface area contributed by atoms with Crippen molar-refractivity contribution in [1.29, 1.82) is 0 Å². The molecule has 0 spiro atoms. The molecule has 1 aromatic rings. The third-order valence-corrected chi connectivity index (χ3v) is 4.13. The lowest BCUT2D eigenvalue weighted by molar-refractivity contribution is 0.256. The van der Waals surface area contributed by atoms with Gasteiger partial charge >= 0.3 is 0 Å². The van der Waals surface area contributed by atoms with E-state index >= 15 is 0 Å². The topological polar surface area (TPSA) is 29.3 Å². The fourth-order valence-corrected chi connectivity index (χ4v) is 2.75. The maximum atomic E-state index is 6.07. The van der Waals surface area contributed by atoms with E-state index in [2.05, 4.69) is 37.8 Å². The summed E-state index contributed by atoms with van der Waals surface area (Å²) in [6.07, 6.45) is 3.93. The summed E-state index contributed by atoms with van der Waals surface area (Å²) in [6.45, 7) is 10.3. The molecule has 0 saturated carbocycles. The van der Waals surface area contributed by atoms with Gasteiger partial charge < -0.3 is 5.73 Å². The Labute approximate surface area is 111 Å². The summed E-state index contributed by atoms with van der Waals surface area (Å²) < 4.78 is 0. The van der Waals surface area contributed by atoms with E-state index in [0.717, 1.165) is 12.2 Å². The number of anilines is 1. The lowest BCUT2D eigenvalue weighted by Gasteiger charge is -2.23. The highest BCUT2D eigenvalue weighted by Gasteiger charge is 2.23. The first kappa shape index (κ1) is 13.4. The summed E-state index contributed by atoms with van der Waals surface area (Å²) in [4.78, 5) is 2.56. The lowest BCUT2D eigenvalue weighted by Crippen LogP contribution is -2.25. The Kier molecular flexibility index (Phi) is 3.96. The third kappa shape index (κ3) is 3.49. The van der Waals surface area contributed by atoms with E-state index in [1.807, 2.05) is 6.07 Å². The van der Waals surface area contributed by atoms with Crippen LogP contribution in [0.1, 0.15) is 44.2 Å². The Bertz CT molecular complexity index is 410. The molecule has 1 heterocycles. The Balaban J connectivity index is 2.03. The van der Waals surface area contributed by atoms with Crippen molar-refractivity contribution in [2.24, 2.45) is 5.41 Å². The molecular weight excluding hydrogens is 220 g/mol. The summed E-state index contributed by atoms with van der Waals surface area (Å²) in [5.74, 6) is 0. The number of nitrogens with zero attached hydrogens (tertiary/aromatic N) is 1. The minimum atomic E-state index is 0.507. The predicted molar refractivity (Wildman–Crippen MR) is 78.5 cm³/mol. The Hall–Kier alpha value is -1.02. The van der Waals surface area contributed by atoms with Gasteiger partial charge in [0.05, 0.1) is 0 Å². The smallest absolute Gasteiger partial charge is 0.0359 e. The number of rotatable bonds is 2. The average molecular weight is 246 g/mol. The van der Waals surface area contributed by atoms with Crippen LogP contribution < -0.4 is 5.73 Å². The monoisotopic (exact) mass is 246 g/mol. The predicted octanol–water partition coefficient (Wildman–Crippen LogP) is 3.59. The first-order chi connectivity index (χ1) is 8.46. The van der Waals surface area contributed by atoms with Crippen LogP contribution >= 0.6 is 0 Å². The fourth-order valence-electron chi connectivity index (χ4n) is 2.75. The summed E-state index contributed by atoms with van der Waals surface area (Å²) in [6, 6.07) is 6.35. The van der Waals surface area contributed by atoms with Crippen LogP contribution in [0.15, 0.2) is 18.2 Å². The Morgan fingerprint density at radius 1 is 1.22 bits per heavy atom. The molecule has 0 amide bonds. The van der Waals surface area contributed by atoms with Gasteiger partial charge in [-0.25, -0.2) is 0 Å². The van der Waals surface area contributed by atoms with E-state index in [0.29, 0.717) is 5.41 Å². The van der Waals surface area contributed by atoms with Crippen molar-refractivity contribution < 1.29 is 0 Å². The van der Waals surface area contributed by atoms with Crippen LogP contribution in [0.25, 0.3) is 0 Å². The van der Waals surface area contributed by atoms with Gasteiger partial charge in [0, 0.05) is 12.2 Å². The molecule has 100 valence electrons. The van der Waals surface area contributed by atoms with Gasteiger partial charge in [0.25, 0.3) is 0 Å². The molecule has 2 N–H and O–H groups in total. The lowest BCUT2D eigenvalue weighted by atomic mass is 9.85. The normalized spacial score (nSPS) is 20.6. The van der Waals surface area contributed by atoms with E-state index in [-0.39, 0.29) is 0 Å². The Morgan fingerprint density at radius 2 is 2.00 bits per heavy atom. The quantitative estimate of drug-likeness (QED) is 0.808. The maximum absolute atomic E-state index is 6.07. The number of nitrogens with two attached hydrogens (primary N) is 1. The number of benzene rings is 1. The minimum Gasteiger partial charge on any atom is -0.398 e. The van der Waals surface area contributed by atoms with Crippen LogP contribution in [-0.4, -0.2) is 18.0 Å². The van der Waals surface area contributed by atoms with E-state index in [9.17, 15) is 0 Å². The summed E-state index contributed by atoms with van der Waals surface area (Å²) >= 11 is 0. The highest BCUT2D eigenvalue weighted by atomic mass is 15.1. The molecule has 0 atom stereocenters.